The lowest BCUT2D eigenvalue weighted by Crippen LogP contribution is -1.97. The Kier molecular flexibility index (Phi) is 3.02. The molecule has 0 saturated carbocycles. The van der Waals surface area contributed by atoms with Crippen molar-refractivity contribution in [2.24, 2.45) is 0 Å². The summed E-state index contributed by atoms with van der Waals surface area (Å²) in [5, 5.41) is 14.4. The van der Waals surface area contributed by atoms with Gasteiger partial charge in [0.1, 0.15) is 15.5 Å². The quantitative estimate of drug-likeness (QED) is 0.803. The number of halogens is 1. The third-order valence-corrected chi connectivity index (χ3v) is 4.15. The summed E-state index contributed by atoms with van der Waals surface area (Å²) in [6, 6.07) is 7.62. The van der Waals surface area contributed by atoms with E-state index in [9.17, 15) is 9.18 Å². The first-order valence-corrected chi connectivity index (χ1v) is 6.92. The van der Waals surface area contributed by atoms with Crippen molar-refractivity contribution in [2.75, 3.05) is 0 Å². The van der Waals surface area contributed by atoms with E-state index in [1.54, 1.807) is 22.9 Å². The predicted molar refractivity (Wildman–Crippen MR) is 75.2 cm³/mol. The van der Waals surface area contributed by atoms with Gasteiger partial charge < -0.3 is 5.11 Å². The molecule has 0 aliphatic heterocycles. The van der Waals surface area contributed by atoms with E-state index < -0.39 is 5.97 Å². The van der Waals surface area contributed by atoms with Crippen molar-refractivity contribution < 1.29 is 14.3 Å². The number of carboxylic acids is 1. The van der Waals surface area contributed by atoms with Crippen LogP contribution in [0.2, 0.25) is 0 Å². The van der Waals surface area contributed by atoms with Crippen LogP contribution in [0.3, 0.4) is 0 Å². The van der Waals surface area contributed by atoms with Gasteiger partial charge in [-0.1, -0.05) is 6.92 Å². The molecule has 3 aromatic rings. The maximum atomic E-state index is 13.0. The van der Waals surface area contributed by atoms with Crippen LogP contribution in [0.5, 0.6) is 0 Å². The molecule has 3 rings (SSSR count). The van der Waals surface area contributed by atoms with Crippen molar-refractivity contribution in [1.29, 1.82) is 0 Å². The van der Waals surface area contributed by atoms with Gasteiger partial charge in [-0.2, -0.15) is 5.10 Å². The van der Waals surface area contributed by atoms with E-state index >= 15 is 0 Å². The average molecular weight is 290 g/mol. The fraction of sp³-hybridized carbons (Fsp3) is 0.143. The zero-order valence-corrected chi connectivity index (χ0v) is 11.4. The van der Waals surface area contributed by atoms with Gasteiger partial charge in [0.25, 0.3) is 0 Å². The molecule has 0 saturated heterocycles. The number of benzene rings is 1. The summed E-state index contributed by atoms with van der Waals surface area (Å²) in [5.41, 5.74) is 1.56. The number of hydrogen-bond donors (Lipinski definition) is 1. The molecule has 2 aromatic heterocycles. The number of aromatic carboxylic acids is 1. The van der Waals surface area contributed by atoms with Crippen LogP contribution in [0.1, 0.15) is 22.3 Å². The predicted octanol–water partition coefficient (Wildman–Crippen LogP) is 3.49. The number of carbonyl (C=O) groups is 1. The molecule has 6 heteroatoms. The van der Waals surface area contributed by atoms with E-state index in [4.69, 9.17) is 5.11 Å². The fourth-order valence-corrected chi connectivity index (χ4v) is 3.08. The largest absolute Gasteiger partial charge is 0.477 e. The molecular formula is C14H11FN2O2S. The van der Waals surface area contributed by atoms with Gasteiger partial charge in [-0.05, 0) is 36.8 Å². The molecule has 102 valence electrons. The Morgan fingerprint density at radius 1 is 1.40 bits per heavy atom. The van der Waals surface area contributed by atoms with Crippen LogP contribution in [-0.2, 0) is 6.42 Å². The number of rotatable bonds is 3. The number of carboxylic acid groups (broad SMARTS) is 1. The van der Waals surface area contributed by atoms with E-state index in [-0.39, 0.29) is 10.7 Å². The highest BCUT2D eigenvalue weighted by Crippen LogP contribution is 2.31. The summed E-state index contributed by atoms with van der Waals surface area (Å²) in [5.74, 6) is -1.26. The molecular weight excluding hydrogens is 279 g/mol. The molecule has 0 aliphatic carbocycles. The molecule has 0 atom stereocenters. The fourth-order valence-electron chi connectivity index (χ4n) is 2.09. The molecule has 0 amide bonds. The van der Waals surface area contributed by atoms with Gasteiger partial charge in [0.15, 0.2) is 0 Å². The van der Waals surface area contributed by atoms with Crippen molar-refractivity contribution >= 4 is 27.5 Å². The highest BCUT2D eigenvalue weighted by molar-refractivity contribution is 7.20. The minimum atomic E-state index is -0.945. The molecule has 0 bridgehead atoms. The van der Waals surface area contributed by atoms with Crippen molar-refractivity contribution in [3.05, 3.63) is 46.7 Å². The van der Waals surface area contributed by atoms with E-state index in [0.717, 1.165) is 21.6 Å². The van der Waals surface area contributed by atoms with Crippen molar-refractivity contribution in [1.82, 2.24) is 9.78 Å². The number of hydrogen-bond acceptors (Lipinski definition) is 3. The lowest BCUT2D eigenvalue weighted by Gasteiger charge is -2.01. The molecule has 0 unspecified atom stereocenters. The maximum Gasteiger partial charge on any atom is 0.345 e. The second kappa shape index (κ2) is 4.72. The van der Waals surface area contributed by atoms with Crippen LogP contribution >= 0.6 is 11.3 Å². The van der Waals surface area contributed by atoms with E-state index in [0.29, 0.717) is 6.42 Å². The Hall–Kier alpha value is -2.21. The molecule has 0 fully saturated rings. The SMILES string of the molecule is CCc1nn(-c2ccc(F)cc2)c2sc(C(=O)O)cc12. The number of aryl methyl sites for hydroxylation is 1. The normalized spacial score (nSPS) is 11.1. The molecule has 0 spiro atoms. The Bertz CT molecular complexity index is 789. The van der Waals surface area contributed by atoms with Crippen LogP contribution in [0.15, 0.2) is 30.3 Å². The number of nitrogens with zero attached hydrogens (tertiary/aromatic N) is 2. The summed E-state index contributed by atoms with van der Waals surface area (Å²) >= 11 is 1.17. The van der Waals surface area contributed by atoms with Gasteiger partial charge in [-0.15, -0.1) is 11.3 Å². The van der Waals surface area contributed by atoms with Crippen LogP contribution in [0.25, 0.3) is 15.9 Å². The Balaban J connectivity index is 2.24. The van der Waals surface area contributed by atoms with Gasteiger partial charge in [0, 0.05) is 5.39 Å². The third-order valence-electron chi connectivity index (χ3n) is 3.05. The van der Waals surface area contributed by atoms with Crippen LogP contribution in [0.4, 0.5) is 4.39 Å². The maximum absolute atomic E-state index is 13.0. The third kappa shape index (κ3) is 1.98. The van der Waals surface area contributed by atoms with Crippen LogP contribution in [0, 0.1) is 5.82 Å². The second-order valence-corrected chi connectivity index (χ2v) is 5.35. The van der Waals surface area contributed by atoms with E-state index in [2.05, 4.69) is 5.10 Å². The highest BCUT2D eigenvalue weighted by Gasteiger charge is 2.17. The minimum Gasteiger partial charge on any atom is -0.477 e. The summed E-state index contributed by atoms with van der Waals surface area (Å²) in [6.45, 7) is 1.97. The Morgan fingerprint density at radius 3 is 2.70 bits per heavy atom. The topological polar surface area (TPSA) is 55.1 Å². The molecule has 20 heavy (non-hydrogen) atoms. The zero-order chi connectivity index (χ0) is 14.3. The smallest absolute Gasteiger partial charge is 0.345 e. The number of fused-ring (bicyclic) bond motifs is 1. The second-order valence-electron chi connectivity index (χ2n) is 4.32. The number of thiophene rings is 1. The molecule has 0 radical (unpaired) electrons. The monoisotopic (exact) mass is 290 g/mol. The standard InChI is InChI=1S/C14H11FN2O2S/c1-2-11-10-7-12(14(18)19)20-13(10)17(16-11)9-5-3-8(15)4-6-9/h3-7H,2H2,1H3,(H,18,19). The summed E-state index contributed by atoms with van der Waals surface area (Å²) in [7, 11) is 0. The summed E-state index contributed by atoms with van der Waals surface area (Å²) < 4.78 is 14.7. The summed E-state index contributed by atoms with van der Waals surface area (Å²) in [4.78, 5) is 12.1. The minimum absolute atomic E-state index is 0.281. The lowest BCUT2D eigenvalue weighted by atomic mass is 10.2. The average Bonchev–Trinajstić information content (AvgIpc) is 2.98. The Morgan fingerprint density at radius 2 is 2.10 bits per heavy atom. The first-order chi connectivity index (χ1) is 9.60. The van der Waals surface area contributed by atoms with Gasteiger partial charge in [-0.3, -0.25) is 0 Å². The summed E-state index contributed by atoms with van der Waals surface area (Å²) in [6.07, 6.45) is 0.709. The number of aromatic nitrogens is 2. The van der Waals surface area contributed by atoms with Crippen LogP contribution in [-0.4, -0.2) is 20.9 Å². The van der Waals surface area contributed by atoms with E-state index in [1.807, 2.05) is 6.92 Å². The van der Waals surface area contributed by atoms with E-state index in [1.165, 1.54) is 23.5 Å². The van der Waals surface area contributed by atoms with Gasteiger partial charge in [-0.25, -0.2) is 13.9 Å². The van der Waals surface area contributed by atoms with Crippen molar-refractivity contribution in [3.8, 4) is 5.69 Å². The molecule has 1 aromatic carbocycles. The lowest BCUT2D eigenvalue weighted by molar-refractivity contribution is 0.0702. The molecule has 4 nitrogen and oxygen atoms in total. The zero-order valence-electron chi connectivity index (χ0n) is 10.6. The molecule has 2 heterocycles. The van der Waals surface area contributed by atoms with Crippen molar-refractivity contribution in [3.63, 3.8) is 0 Å². The first kappa shape index (κ1) is 12.8. The van der Waals surface area contributed by atoms with Gasteiger partial charge in [0.2, 0.25) is 0 Å². The molecule has 0 aliphatic rings. The van der Waals surface area contributed by atoms with Crippen LogP contribution < -0.4 is 0 Å². The van der Waals surface area contributed by atoms with Gasteiger partial charge >= 0.3 is 5.97 Å². The highest BCUT2D eigenvalue weighted by atomic mass is 32.1. The molecule has 1 N–H and O–H groups in total. The van der Waals surface area contributed by atoms with Crippen molar-refractivity contribution in [2.45, 2.75) is 13.3 Å². The first-order valence-electron chi connectivity index (χ1n) is 6.11. The van der Waals surface area contributed by atoms with Gasteiger partial charge in [0.05, 0.1) is 11.4 Å². The Labute approximate surface area is 118 Å².